The molecule has 0 spiro atoms. The molecule has 8 heteroatoms. The van der Waals surface area contributed by atoms with Crippen molar-refractivity contribution in [1.82, 2.24) is 15.5 Å². The van der Waals surface area contributed by atoms with E-state index in [4.69, 9.17) is 0 Å². The SMILES string of the molecule is Oc1cc(C(F)(F)F)ccc1-c1nnc(N[C@@H]2CCNC2)c2ccccc12. The molecule has 1 fully saturated rings. The van der Waals surface area contributed by atoms with E-state index in [0.29, 0.717) is 23.0 Å². The zero-order chi connectivity index (χ0) is 19.0. The second-order valence-electron chi connectivity index (χ2n) is 6.51. The van der Waals surface area contributed by atoms with Crippen LogP contribution in [0.25, 0.3) is 22.0 Å². The first kappa shape index (κ1) is 17.5. The lowest BCUT2D eigenvalue weighted by atomic mass is 10.0. The van der Waals surface area contributed by atoms with E-state index in [1.54, 1.807) is 0 Å². The molecule has 0 bridgehead atoms. The number of nitrogens with one attached hydrogen (secondary N) is 2. The van der Waals surface area contributed by atoms with Gasteiger partial charge >= 0.3 is 6.18 Å². The van der Waals surface area contributed by atoms with Crippen LogP contribution in [0.5, 0.6) is 5.75 Å². The number of hydrogen-bond acceptors (Lipinski definition) is 5. The molecule has 3 N–H and O–H groups in total. The number of nitrogens with zero attached hydrogens (tertiary/aromatic N) is 2. The number of anilines is 1. The summed E-state index contributed by atoms with van der Waals surface area (Å²) in [6, 6.07) is 10.5. The number of fused-ring (bicyclic) bond motifs is 1. The monoisotopic (exact) mass is 374 g/mol. The molecule has 1 aliphatic rings. The average Bonchev–Trinajstić information content (AvgIpc) is 3.15. The highest BCUT2D eigenvalue weighted by molar-refractivity contribution is 6.00. The highest BCUT2D eigenvalue weighted by atomic mass is 19.4. The summed E-state index contributed by atoms with van der Waals surface area (Å²) < 4.78 is 38.5. The third-order valence-electron chi connectivity index (χ3n) is 4.67. The van der Waals surface area contributed by atoms with Gasteiger partial charge in [0.05, 0.1) is 5.56 Å². The number of hydrogen-bond donors (Lipinski definition) is 3. The lowest BCUT2D eigenvalue weighted by Crippen LogP contribution is -2.23. The Hall–Kier alpha value is -2.87. The molecule has 0 aliphatic carbocycles. The first-order valence-electron chi connectivity index (χ1n) is 8.57. The standard InChI is InChI=1S/C19H17F3N4O/c20-19(21,22)11-5-6-15(16(27)9-11)17-13-3-1-2-4-14(13)18(26-25-17)24-12-7-8-23-10-12/h1-6,9,12,23,27H,7-8,10H2,(H,24,26)/t12-/m1/s1. The number of benzene rings is 2. The molecular weight excluding hydrogens is 357 g/mol. The van der Waals surface area contributed by atoms with Crippen molar-refractivity contribution in [2.24, 2.45) is 0 Å². The van der Waals surface area contributed by atoms with Gasteiger partial charge in [-0.15, -0.1) is 10.2 Å². The number of halogens is 3. The van der Waals surface area contributed by atoms with Crippen LogP contribution in [-0.2, 0) is 6.18 Å². The van der Waals surface area contributed by atoms with E-state index in [1.165, 1.54) is 6.07 Å². The summed E-state index contributed by atoms with van der Waals surface area (Å²) in [5.41, 5.74) is -0.360. The van der Waals surface area contributed by atoms with Crippen molar-refractivity contribution in [2.75, 3.05) is 18.4 Å². The molecule has 1 atom stereocenters. The maximum atomic E-state index is 12.8. The molecule has 3 aromatic rings. The zero-order valence-electron chi connectivity index (χ0n) is 14.2. The van der Waals surface area contributed by atoms with Gasteiger partial charge in [-0.25, -0.2) is 0 Å². The van der Waals surface area contributed by atoms with Crippen molar-refractivity contribution < 1.29 is 18.3 Å². The largest absolute Gasteiger partial charge is 0.507 e. The van der Waals surface area contributed by atoms with E-state index in [2.05, 4.69) is 20.8 Å². The lowest BCUT2D eigenvalue weighted by Gasteiger charge is -2.15. The predicted octanol–water partition coefficient (Wildman–Crippen LogP) is 3.80. The number of phenols is 1. The number of alkyl halides is 3. The van der Waals surface area contributed by atoms with Crippen LogP contribution in [-0.4, -0.2) is 34.4 Å². The van der Waals surface area contributed by atoms with Gasteiger partial charge in [0.15, 0.2) is 5.82 Å². The number of rotatable bonds is 3. The summed E-state index contributed by atoms with van der Waals surface area (Å²) in [5.74, 6) is 0.138. The quantitative estimate of drug-likeness (QED) is 0.651. The molecule has 0 amide bonds. The normalized spacial score (nSPS) is 17.4. The van der Waals surface area contributed by atoms with Gasteiger partial charge in [0.1, 0.15) is 11.4 Å². The van der Waals surface area contributed by atoms with Crippen molar-refractivity contribution in [2.45, 2.75) is 18.6 Å². The molecule has 2 heterocycles. The fourth-order valence-corrected chi connectivity index (χ4v) is 3.29. The molecule has 0 radical (unpaired) electrons. The van der Waals surface area contributed by atoms with Crippen molar-refractivity contribution in [3.05, 3.63) is 48.0 Å². The van der Waals surface area contributed by atoms with E-state index < -0.39 is 17.5 Å². The van der Waals surface area contributed by atoms with Gasteiger partial charge in [0.25, 0.3) is 0 Å². The molecule has 1 saturated heterocycles. The maximum absolute atomic E-state index is 12.8. The van der Waals surface area contributed by atoms with Gasteiger partial charge in [-0.3, -0.25) is 0 Å². The first-order valence-corrected chi connectivity index (χ1v) is 8.57. The molecule has 4 rings (SSSR count). The smallest absolute Gasteiger partial charge is 0.416 e. The minimum Gasteiger partial charge on any atom is -0.507 e. The van der Waals surface area contributed by atoms with Gasteiger partial charge in [-0.1, -0.05) is 24.3 Å². The molecule has 1 aliphatic heterocycles. The Morgan fingerprint density at radius 3 is 2.52 bits per heavy atom. The summed E-state index contributed by atoms with van der Waals surface area (Å²) in [7, 11) is 0. The highest BCUT2D eigenvalue weighted by Crippen LogP contribution is 2.38. The Morgan fingerprint density at radius 1 is 1.07 bits per heavy atom. The number of phenolic OH excluding ortho intramolecular Hbond substituents is 1. The molecular formula is C19H17F3N4O. The van der Waals surface area contributed by atoms with Gasteiger partial charge in [-0.2, -0.15) is 13.2 Å². The van der Waals surface area contributed by atoms with Crippen LogP contribution in [0.1, 0.15) is 12.0 Å². The van der Waals surface area contributed by atoms with Crippen molar-refractivity contribution in [3.8, 4) is 17.0 Å². The molecule has 140 valence electrons. The minimum atomic E-state index is -4.52. The van der Waals surface area contributed by atoms with Crippen molar-refractivity contribution >= 4 is 16.6 Å². The Kier molecular flexibility index (Phi) is 4.35. The summed E-state index contributed by atoms with van der Waals surface area (Å²) in [4.78, 5) is 0. The second-order valence-corrected chi connectivity index (χ2v) is 6.51. The molecule has 0 unspecified atom stereocenters. The van der Waals surface area contributed by atoms with Crippen LogP contribution in [0.2, 0.25) is 0 Å². The number of aromatic nitrogens is 2. The summed E-state index contributed by atoms with van der Waals surface area (Å²) >= 11 is 0. The van der Waals surface area contributed by atoms with Crippen LogP contribution in [0, 0.1) is 0 Å². The van der Waals surface area contributed by atoms with Gasteiger partial charge in [-0.05, 0) is 31.2 Å². The van der Waals surface area contributed by atoms with Gasteiger partial charge < -0.3 is 15.7 Å². The zero-order valence-corrected chi connectivity index (χ0v) is 14.2. The minimum absolute atomic E-state index is 0.209. The van der Waals surface area contributed by atoms with Gasteiger partial charge in [0.2, 0.25) is 0 Å². The summed E-state index contributed by atoms with van der Waals surface area (Å²) in [5, 5.41) is 26.7. The number of aromatic hydroxyl groups is 1. The highest BCUT2D eigenvalue weighted by Gasteiger charge is 2.31. The van der Waals surface area contributed by atoms with Crippen LogP contribution in [0.15, 0.2) is 42.5 Å². The van der Waals surface area contributed by atoms with Crippen molar-refractivity contribution in [1.29, 1.82) is 0 Å². The van der Waals surface area contributed by atoms with Crippen LogP contribution < -0.4 is 10.6 Å². The molecule has 1 aromatic heterocycles. The van der Waals surface area contributed by atoms with Crippen LogP contribution in [0.4, 0.5) is 19.0 Å². The van der Waals surface area contributed by atoms with E-state index >= 15 is 0 Å². The average molecular weight is 374 g/mol. The second kappa shape index (κ2) is 6.70. The third kappa shape index (κ3) is 3.40. The van der Waals surface area contributed by atoms with E-state index in [1.807, 2.05) is 24.3 Å². The Bertz CT molecular complexity index is 984. The van der Waals surface area contributed by atoms with Crippen LogP contribution in [0.3, 0.4) is 0 Å². The van der Waals surface area contributed by atoms with Crippen LogP contribution >= 0.6 is 0 Å². The Balaban J connectivity index is 1.79. The van der Waals surface area contributed by atoms with E-state index in [9.17, 15) is 18.3 Å². The lowest BCUT2D eigenvalue weighted by molar-refractivity contribution is -0.137. The molecule has 2 aromatic carbocycles. The fourth-order valence-electron chi connectivity index (χ4n) is 3.29. The Morgan fingerprint density at radius 2 is 1.85 bits per heavy atom. The fraction of sp³-hybridized carbons (Fsp3) is 0.263. The predicted molar refractivity (Wildman–Crippen MR) is 96.5 cm³/mol. The van der Waals surface area contributed by atoms with E-state index in [-0.39, 0.29) is 11.6 Å². The topological polar surface area (TPSA) is 70.1 Å². The summed E-state index contributed by atoms with van der Waals surface area (Å²) in [6.45, 7) is 1.76. The van der Waals surface area contributed by atoms with Gasteiger partial charge in [0, 0.05) is 28.9 Å². The molecule has 27 heavy (non-hydrogen) atoms. The third-order valence-corrected chi connectivity index (χ3v) is 4.67. The first-order chi connectivity index (χ1) is 12.9. The molecule has 5 nitrogen and oxygen atoms in total. The maximum Gasteiger partial charge on any atom is 0.416 e. The Labute approximate surface area is 153 Å². The van der Waals surface area contributed by atoms with E-state index in [0.717, 1.165) is 31.0 Å². The van der Waals surface area contributed by atoms with Crippen molar-refractivity contribution in [3.63, 3.8) is 0 Å². The molecule has 0 saturated carbocycles. The summed E-state index contributed by atoms with van der Waals surface area (Å²) in [6.07, 6.45) is -3.55.